The second-order valence-corrected chi connectivity index (χ2v) is 4.04. The van der Waals surface area contributed by atoms with Crippen LogP contribution in [0.3, 0.4) is 0 Å². The Balaban J connectivity index is 1.79. The molecule has 88 valence electrons. The van der Waals surface area contributed by atoms with Gasteiger partial charge in [0.2, 0.25) is 0 Å². The van der Waals surface area contributed by atoms with E-state index in [1.807, 2.05) is 12.3 Å². The van der Waals surface area contributed by atoms with E-state index in [1.165, 1.54) is 0 Å². The predicted molar refractivity (Wildman–Crippen MR) is 62.5 cm³/mol. The molecule has 0 spiro atoms. The van der Waals surface area contributed by atoms with Gasteiger partial charge in [-0.05, 0) is 12.1 Å². The standard InChI is InChI=1S/C12H13N3O2/c16-10-3-1-2-9(4-10)15-8-12(7-14-15)17-11-5-13-6-11/h1-4,7-8,11,13,16H,5-6H2. The van der Waals surface area contributed by atoms with Gasteiger partial charge in [0.1, 0.15) is 11.9 Å². The minimum atomic E-state index is 0.226. The number of nitrogens with zero attached hydrogens (tertiary/aromatic N) is 2. The molecule has 1 aromatic carbocycles. The Morgan fingerprint density at radius 1 is 1.41 bits per heavy atom. The predicted octanol–water partition coefficient (Wildman–Crippen LogP) is 0.928. The molecule has 1 aliphatic rings. The maximum absolute atomic E-state index is 9.39. The van der Waals surface area contributed by atoms with Crippen molar-refractivity contribution >= 4 is 0 Å². The topological polar surface area (TPSA) is 59.3 Å². The number of ether oxygens (including phenoxy) is 1. The lowest BCUT2D eigenvalue weighted by atomic mass is 10.2. The van der Waals surface area contributed by atoms with Crippen molar-refractivity contribution in [3.05, 3.63) is 36.7 Å². The summed E-state index contributed by atoms with van der Waals surface area (Å²) in [6, 6.07) is 6.94. The Hall–Kier alpha value is -2.01. The van der Waals surface area contributed by atoms with Crippen molar-refractivity contribution in [2.45, 2.75) is 6.10 Å². The number of hydrogen-bond acceptors (Lipinski definition) is 4. The van der Waals surface area contributed by atoms with E-state index < -0.39 is 0 Å². The first kappa shape index (κ1) is 10.2. The quantitative estimate of drug-likeness (QED) is 0.825. The Kier molecular flexibility index (Phi) is 2.45. The Morgan fingerprint density at radius 2 is 2.29 bits per heavy atom. The highest BCUT2D eigenvalue weighted by Gasteiger charge is 2.18. The van der Waals surface area contributed by atoms with Crippen molar-refractivity contribution in [3.8, 4) is 17.2 Å². The summed E-state index contributed by atoms with van der Waals surface area (Å²) in [5, 5.41) is 16.7. The number of aromatic nitrogens is 2. The molecule has 2 aromatic rings. The van der Waals surface area contributed by atoms with Crippen molar-refractivity contribution in [3.63, 3.8) is 0 Å². The zero-order valence-electron chi connectivity index (χ0n) is 9.21. The number of hydrogen-bond donors (Lipinski definition) is 2. The van der Waals surface area contributed by atoms with Gasteiger partial charge in [0.15, 0.2) is 5.75 Å². The number of nitrogens with one attached hydrogen (secondary N) is 1. The van der Waals surface area contributed by atoms with E-state index >= 15 is 0 Å². The average molecular weight is 231 g/mol. The molecule has 2 N–H and O–H groups in total. The Morgan fingerprint density at radius 3 is 3.00 bits per heavy atom. The van der Waals surface area contributed by atoms with Crippen LogP contribution in [0.2, 0.25) is 0 Å². The zero-order valence-corrected chi connectivity index (χ0v) is 9.21. The minimum absolute atomic E-state index is 0.226. The lowest BCUT2D eigenvalue weighted by molar-refractivity contribution is 0.142. The van der Waals surface area contributed by atoms with Gasteiger partial charge in [-0.25, -0.2) is 4.68 Å². The molecule has 5 heteroatoms. The molecule has 1 saturated heterocycles. The molecule has 5 nitrogen and oxygen atoms in total. The van der Waals surface area contributed by atoms with E-state index in [-0.39, 0.29) is 11.9 Å². The van der Waals surface area contributed by atoms with Crippen LogP contribution in [0, 0.1) is 0 Å². The van der Waals surface area contributed by atoms with Crippen LogP contribution in [0.15, 0.2) is 36.7 Å². The number of rotatable bonds is 3. The molecule has 1 aliphatic heterocycles. The number of phenolic OH excluding ortho intramolecular Hbond substituents is 1. The molecule has 2 heterocycles. The second-order valence-electron chi connectivity index (χ2n) is 4.04. The van der Waals surface area contributed by atoms with Crippen LogP contribution < -0.4 is 10.1 Å². The summed E-state index contributed by atoms with van der Waals surface area (Å²) in [5.41, 5.74) is 0.812. The molecule has 0 bridgehead atoms. The van der Waals surface area contributed by atoms with Crippen molar-refractivity contribution in [1.82, 2.24) is 15.1 Å². The summed E-state index contributed by atoms with van der Waals surface area (Å²) >= 11 is 0. The van der Waals surface area contributed by atoms with Gasteiger partial charge >= 0.3 is 0 Å². The van der Waals surface area contributed by atoms with E-state index in [0.717, 1.165) is 24.5 Å². The summed E-state index contributed by atoms with van der Waals surface area (Å²) in [7, 11) is 0. The van der Waals surface area contributed by atoms with Gasteiger partial charge in [-0.15, -0.1) is 0 Å². The van der Waals surface area contributed by atoms with Gasteiger partial charge in [-0.1, -0.05) is 6.07 Å². The summed E-state index contributed by atoms with van der Waals surface area (Å²) in [4.78, 5) is 0. The fourth-order valence-electron chi connectivity index (χ4n) is 1.68. The van der Waals surface area contributed by atoms with Crippen molar-refractivity contribution in [2.75, 3.05) is 13.1 Å². The third-order valence-electron chi connectivity index (χ3n) is 2.70. The van der Waals surface area contributed by atoms with Gasteiger partial charge in [0, 0.05) is 19.2 Å². The van der Waals surface area contributed by atoms with Crippen LogP contribution in [0.25, 0.3) is 5.69 Å². The Labute approximate surface area is 98.6 Å². The monoisotopic (exact) mass is 231 g/mol. The molecular weight excluding hydrogens is 218 g/mol. The first-order chi connectivity index (χ1) is 8.31. The maximum atomic E-state index is 9.39. The van der Waals surface area contributed by atoms with E-state index in [0.29, 0.717) is 0 Å². The zero-order chi connectivity index (χ0) is 11.7. The van der Waals surface area contributed by atoms with Crippen molar-refractivity contribution in [1.29, 1.82) is 0 Å². The minimum Gasteiger partial charge on any atom is -0.508 e. The first-order valence-corrected chi connectivity index (χ1v) is 5.53. The normalized spacial score (nSPS) is 15.5. The van der Waals surface area contributed by atoms with Gasteiger partial charge in [0.05, 0.1) is 18.1 Å². The highest BCUT2D eigenvalue weighted by atomic mass is 16.5. The smallest absolute Gasteiger partial charge is 0.158 e. The number of benzene rings is 1. The van der Waals surface area contributed by atoms with Crippen LogP contribution in [0.5, 0.6) is 11.5 Å². The van der Waals surface area contributed by atoms with Crippen LogP contribution >= 0.6 is 0 Å². The lowest BCUT2D eigenvalue weighted by Gasteiger charge is -2.26. The largest absolute Gasteiger partial charge is 0.508 e. The van der Waals surface area contributed by atoms with Crippen LogP contribution in [-0.4, -0.2) is 34.1 Å². The SMILES string of the molecule is Oc1cccc(-n2cc(OC3CNC3)cn2)c1. The molecule has 1 fully saturated rings. The fourth-order valence-corrected chi connectivity index (χ4v) is 1.68. The number of phenols is 1. The third kappa shape index (κ3) is 2.09. The summed E-state index contributed by atoms with van der Waals surface area (Å²) < 4.78 is 7.36. The molecule has 0 atom stereocenters. The third-order valence-corrected chi connectivity index (χ3v) is 2.70. The Bertz CT molecular complexity index is 520. The average Bonchev–Trinajstić information content (AvgIpc) is 2.72. The van der Waals surface area contributed by atoms with E-state index in [9.17, 15) is 5.11 Å². The van der Waals surface area contributed by atoms with Crippen LogP contribution in [0.1, 0.15) is 0 Å². The summed E-state index contributed by atoms with van der Waals surface area (Å²) in [5.74, 6) is 0.975. The molecule has 17 heavy (non-hydrogen) atoms. The first-order valence-electron chi connectivity index (χ1n) is 5.53. The van der Waals surface area contributed by atoms with Gasteiger partial charge in [-0.2, -0.15) is 5.10 Å². The van der Waals surface area contributed by atoms with Gasteiger partial charge < -0.3 is 15.2 Å². The molecule has 1 aromatic heterocycles. The maximum Gasteiger partial charge on any atom is 0.158 e. The van der Waals surface area contributed by atoms with E-state index in [1.54, 1.807) is 29.1 Å². The molecule has 0 radical (unpaired) electrons. The lowest BCUT2D eigenvalue weighted by Crippen LogP contribution is -2.50. The molecular formula is C12H13N3O2. The fraction of sp³-hybridized carbons (Fsp3) is 0.250. The molecule has 0 unspecified atom stereocenters. The summed E-state index contributed by atoms with van der Waals surface area (Å²) in [6.07, 6.45) is 3.74. The molecule has 0 saturated carbocycles. The van der Waals surface area contributed by atoms with Crippen LogP contribution in [-0.2, 0) is 0 Å². The van der Waals surface area contributed by atoms with Gasteiger partial charge in [-0.3, -0.25) is 0 Å². The summed E-state index contributed by atoms with van der Waals surface area (Å²) in [6.45, 7) is 1.77. The molecule has 3 rings (SSSR count). The highest BCUT2D eigenvalue weighted by molar-refractivity contribution is 5.38. The van der Waals surface area contributed by atoms with Crippen molar-refractivity contribution in [2.24, 2.45) is 0 Å². The highest BCUT2D eigenvalue weighted by Crippen LogP contribution is 2.18. The van der Waals surface area contributed by atoms with Gasteiger partial charge in [0.25, 0.3) is 0 Å². The van der Waals surface area contributed by atoms with Crippen molar-refractivity contribution < 1.29 is 9.84 Å². The molecule has 0 aliphatic carbocycles. The van der Waals surface area contributed by atoms with E-state index in [4.69, 9.17) is 4.74 Å². The van der Waals surface area contributed by atoms with Crippen LogP contribution in [0.4, 0.5) is 0 Å². The molecule has 0 amide bonds. The van der Waals surface area contributed by atoms with E-state index in [2.05, 4.69) is 10.4 Å². The number of aromatic hydroxyl groups is 1. The second kappa shape index (κ2) is 4.10.